The summed E-state index contributed by atoms with van der Waals surface area (Å²) in [4.78, 5) is 24.5. The number of aromatic nitrogens is 1. The number of alkyl halides is 1. The molecule has 1 aromatic carbocycles. The van der Waals surface area contributed by atoms with E-state index < -0.39 is 39.7 Å². The summed E-state index contributed by atoms with van der Waals surface area (Å²) in [5.41, 5.74) is 2.86. The van der Waals surface area contributed by atoms with Crippen LogP contribution < -0.4 is 5.32 Å². The van der Waals surface area contributed by atoms with E-state index in [0.29, 0.717) is 11.3 Å². The summed E-state index contributed by atoms with van der Waals surface area (Å²) in [6.07, 6.45) is 0. The van der Waals surface area contributed by atoms with Crippen molar-refractivity contribution in [1.82, 2.24) is 9.88 Å². The number of ether oxygens (including phenoxy) is 1. The van der Waals surface area contributed by atoms with E-state index >= 15 is 0 Å². The first kappa shape index (κ1) is 20.4. The maximum Gasteiger partial charge on any atom is 0.340 e. The molecule has 1 aliphatic heterocycles. The second-order valence-corrected chi connectivity index (χ2v) is 9.51. The molecule has 2 atom stereocenters. The predicted molar refractivity (Wildman–Crippen MR) is 106 cm³/mol. The smallest absolute Gasteiger partial charge is 0.340 e. The van der Waals surface area contributed by atoms with Gasteiger partial charge in [-0.2, -0.15) is 0 Å². The molecule has 0 bridgehead atoms. The number of sulfone groups is 1. The molecule has 3 rings (SSSR count). The number of nitrogens with one attached hydrogen (secondary N) is 1. The lowest BCUT2D eigenvalue weighted by Crippen LogP contribution is -2.42. The van der Waals surface area contributed by atoms with Crippen molar-refractivity contribution >= 4 is 33.3 Å². The summed E-state index contributed by atoms with van der Waals surface area (Å²) < 4.78 is 30.1. The van der Waals surface area contributed by atoms with E-state index in [1.54, 1.807) is 13.0 Å². The fourth-order valence-corrected chi connectivity index (χ4v) is 5.89. The summed E-state index contributed by atoms with van der Waals surface area (Å²) in [5, 5.41) is 1.83. The first-order valence-electron chi connectivity index (χ1n) is 8.73. The summed E-state index contributed by atoms with van der Waals surface area (Å²) in [6.45, 7) is 3.18. The van der Waals surface area contributed by atoms with Gasteiger partial charge < -0.3 is 14.6 Å². The quantitative estimate of drug-likeness (QED) is 0.583. The third kappa shape index (κ3) is 4.39. The Hall–Kier alpha value is -2.32. The highest BCUT2D eigenvalue weighted by Gasteiger charge is 2.37. The van der Waals surface area contributed by atoms with Crippen molar-refractivity contribution in [2.45, 2.75) is 25.3 Å². The van der Waals surface area contributed by atoms with Crippen LogP contribution in [0.15, 0.2) is 36.4 Å². The van der Waals surface area contributed by atoms with E-state index in [4.69, 9.17) is 16.3 Å². The minimum absolute atomic E-state index is 0.176. The van der Waals surface area contributed by atoms with Crippen molar-refractivity contribution in [3.8, 4) is 5.69 Å². The Morgan fingerprint density at radius 1 is 1.21 bits per heavy atom. The molecule has 2 heterocycles. The van der Waals surface area contributed by atoms with Gasteiger partial charge >= 0.3 is 5.97 Å². The monoisotopic (exact) mass is 424 g/mol. The van der Waals surface area contributed by atoms with Crippen molar-refractivity contribution in [3.63, 3.8) is 0 Å². The highest BCUT2D eigenvalue weighted by molar-refractivity contribution is 7.91. The molecule has 0 radical (unpaired) electrons. The molecule has 2 aromatic rings. The van der Waals surface area contributed by atoms with Crippen LogP contribution >= 0.6 is 11.6 Å². The Kier molecular flexibility index (Phi) is 5.81. The zero-order chi connectivity index (χ0) is 20.5. The van der Waals surface area contributed by atoms with Gasteiger partial charge in [0.15, 0.2) is 16.4 Å². The number of benzene rings is 1. The molecule has 1 aromatic heterocycles. The van der Waals surface area contributed by atoms with Crippen LogP contribution in [0.1, 0.15) is 21.7 Å². The van der Waals surface area contributed by atoms with Crippen LogP contribution in [0.2, 0.25) is 0 Å². The average Bonchev–Trinajstić information content (AvgIpc) is 3.07. The third-order valence-electron chi connectivity index (χ3n) is 4.63. The number of para-hydroxylation sites is 1. The van der Waals surface area contributed by atoms with Crippen LogP contribution in [-0.4, -0.2) is 54.4 Å². The molecule has 1 saturated heterocycles. The van der Waals surface area contributed by atoms with Crippen LogP contribution in [-0.2, 0) is 19.4 Å². The van der Waals surface area contributed by atoms with Gasteiger partial charge in [-0.25, -0.2) is 13.2 Å². The van der Waals surface area contributed by atoms with Crippen LogP contribution in [0.25, 0.3) is 5.69 Å². The zero-order valence-electron chi connectivity index (χ0n) is 15.5. The van der Waals surface area contributed by atoms with Crippen LogP contribution in [0.5, 0.6) is 0 Å². The standard InChI is InChI=1S/C19H21ClN2O5S/c1-12-8-15(13(2)22(12)14-6-4-3-5-7-14)19(24)27-9-18(23)21-17-11-28(25,26)10-16(17)20/h3-8,16-17H,9-11H2,1-2H3,(H,21,23)/t16-,17+/m1/s1. The lowest BCUT2D eigenvalue weighted by Gasteiger charge is -2.14. The predicted octanol–water partition coefficient (Wildman–Crippen LogP) is 1.77. The minimum Gasteiger partial charge on any atom is -0.452 e. The molecule has 9 heteroatoms. The van der Waals surface area contributed by atoms with Gasteiger partial charge in [-0.05, 0) is 32.0 Å². The number of aryl methyl sites for hydroxylation is 1. The van der Waals surface area contributed by atoms with E-state index in [1.165, 1.54) is 0 Å². The molecule has 1 N–H and O–H groups in total. The summed E-state index contributed by atoms with van der Waals surface area (Å²) in [7, 11) is -3.26. The first-order valence-corrected chi connectivity index (χ1v) is 11.0. The van der Waals surface area contributed by atoms with Crippen LogP contribution in [0.3, 0.4) is 0 Å². The molecule has 0 aliphatic carbocycles. The van der Waals surface area contributed by atoms with Crippen molar-refractivity contribution in [1.29, 1.82) is 0 Å². The Bertz CT molecular complexity index is 1000. The third-order valence-corrected chi connectivity index (χ3v) is 7.00. The Morgan fingerprint density at radius 2 is 1.89 bits per heavy atom. The first-order chi connectivity index (χ1) is 13.2. The van der Waals surface area contributed by atoms with Gasteiger partial charge in [0.1, 0.15) is 0 Å². The number of carbonyl (C=O) groups excluding carboxylic acids is 2. The largest absolute Gasteiger partial charge is 0.452 e. The highest BCUT2D eigenvalue weighted by atomic mass is 35.5. The molecule has 7 nitrogen and oxygen atoms in total. The number of halogens is 1. The number of carbonyl (C=O) groups is 2. The van der Waals surface area contributed by atoms with E-state index in [0.717, 1.165) is 11.4 Å². The zero-order valence-corrected chi connectivity index (χ0v) is 17.1. The minimum atomic E-state index is -3.26. The van der Waals surface area contributed by atoms with Crippen molar-refractivity contribution < 1.29 is 22.7 Å². The number of esters is 1. The lowest BCUT2D eigenvalue weighted by atomic mass is 10.2. The summed E-state index contributed by atoms with van der Waals surface area (Å²) >= 11 is 5.96. The SMILES string of the molecule is Cc1cc(C(=O)OCC(=O)N[C@H]2CS(=O)(=O)C[C@H]2Cl)c(C)n1-c1ccccc1. The molecule has 0 saturated carbocycles. The van der Waals surface area contributed by atoms with Gasteiger partial charge in [-0.1, -0.05) is 18.2 Å². The topological polar surface area (TPSA) is 94.5 Å². The Morgan fingerprint density at radius 3 is 2.50 bits per heavy atom. The second kappa shape index (κ2) is 7.97. The molecular weight excluding hydrogens is 404 g/mol. The molecule has 28 heavy (non-hydrogen) atoms. The van der Waals surface area contributed by atoms with Crippen LogP contribution in [0, 0.1) is 13.8 Å². The summed E-state index contributed by atoms with van der Waals surface area (Å²) in [6, 6.07) is 10.6. The van der Waals surface area contributed by atoms with Gasteiger partial charge in [0.2, 0.25) is 0 Å². The van der Waals surface area contributed by atoms with Gasteiger partial charge in [0.05, 0.1) is 28.5 Å². The number of nitrogens with zero attached hydrogens (tertiary/aromatic N) is 1. The van der Waals surface area contributed by atoms with E-state index in [-0.39, 0.29) is 11.5 Å². The fraction of sp³-hybridized carbons (Fsp3) is 0.368. The van der Waals surface area contributed by atoms with E-state index in [1.807, 2.05) is 41.8 Å². The molecular formula is C19H21ClN2O5S. The van der Waals surface area contributed by atoms with E-state index in [2.05, 4.69) is 5.32 Å². The van der Waals surface area contributed by atoms with Crippen molar-refractivity contribution in [2.24, 2.45) is 0 Å². The molecule has 1 fully saturated rings. The fourth-order valence-electron chi connectivity index (χ4n) is 3.34. The molecule has 1 aliphatic rings. The van der Waals surface area contributed by atoms with Crippen LogP contribution in [0.4, 0.5) is 0 Å². The second-order valence-electron chi connectivity index (χ2n) is 6.80. The average molecular weight is 425 g/mol. The highest BCUT2D eigenvalue weighted by Crippen LogP contribution is 2.21. The number of hydrogen-bond donors (Lipinski definition) is 1. The Labute approximate surface area is 168 Å². The van der Waals surface area contributed by atoms with Gasteiger partial charge in [-0.3, -0.25) is 4.79 Å². The normalized spacial score (nSPS) is 20.7. The van der Waals surface area contributed by atoms with Gasteiger partial charge in [0, 0.05) is 17.1 Å². The molecule has 150 valence electrons. The number of amides is 1. The van der Waals surface area contributed by atoms with E-state index in [9.17, 15) is 18.0 Å². The van der Waals surface area contributed by atoms with Crippen molar-refractivity contribution in [2.75, 3.05) is 18.1 Å². The maximum atomic E-state index is 12.4. The lowest BCUT2D eigenvalue weighted by molar-refractivity contribution is -0.124. The summed E-state index contributed by atoms with van der Waals surface area (Å²) in [5.74, 6) is -1.59. The molecule has 0 spiro atoms. The van der Waals surface area contributed by atoms with Crippen molar-refractivity contribution in [3.05, 3.63) is 53.3 Å². The van der Waals surface area contributed by atoms with Gasteiger partial charge in [-0.15, -0.1) is 11.6 Å². The number of hydrogen-bond acceptors (Lipinski definition) is 5. The van der Waals surface area contributed by atoms with Gasteiger partial charge in [0.25, 0.3) is 5.91 Å². The number of rotatable bonds is 5. The molecule has 1 amide bonds. The Balaban J connectivity index is 1.64. The molecule has 0 unspecified atom stereocenters. The maximum absolute atomic E-state index is 12.4.